The summed E-state index contributed by atoms with van der Waals surface area (Å²) in [5, 5.41) is 8.33. The lowest BCUT2D eigenvalue weighted by Crippen LogP contribution is -2.46. The first-order chi connectivity index (χ1) is 11.9. The third kappa shape index (κ3) is 3.44. The maximum absolute atomic E-state index is 13.2. The van der Waals surface area contributed by atoms with Gasteiger partial charge in [-0.2, -0.15) is 10.2 Å². The molecule has 0 saturated carbocycles. The van der Waals surface area contributed by atoms with Crippen molar-refractivity contribution in [3.05, 3.63) is 58.9 Å². The molecule has 4 heteroatoms. The molecule has 0 aliphatic carbocycles. The van der Waals surface area contributed by atoms with E-state index in [1.807, 2.05) is 30.9 Å². The first-order valence-corrected chi connectivity index (χ1v) is 9.12. The van der Waals surface area contributed by atoms with Crippen molar-refractivity contribution in [3.63, 3.8) is 0 Å². The number of aromatic nitrogens is 2. The molecule has 1 unspecified atom stereocenters. The van der Waals surface area contributed by atoms with Crippen LogP contribution >= 0.6 is 0 Å². The van der Waals surface area contributed by atoms with Gasteiger partial charge in [0.1, 0.15) is 0 Å². The molecule has 132 valence electrons. The standard InChI is InChI=1S/C21H27N3O/c1-5-18-14-19(15(2)22-23-18)20(25)24-12-11-17(21(24,3)4)13-16-9-7-6-8-10-16/h6-10,14,17H,5,11-13H2,1-4H3. The molecule has 1 aliphatic rings. The number of carbonyl (C=O) groups excluding carboxylic acids is 1. The Morgan fingerprint density at radius 3 is 2.64 bits per heavy atom. The Bertz CT molecular complexity index is 755. The maximum Gasteiger partial charge on any atom is 0.256 e. The Morgan fingerprint density at radius 1 is 1.24 bits per heavy atom. The van der Waals surface area contributed by atoms with Gasteiger partial charge in [0, 0.05) is 12.1 Å². The fourth-order valence-electron chi connectivity index (χ4n) is 3.79. The third-order valence-corrected chi connectivity index (χ3v) is 5.59. The lowest BCUT2D eigenvalue weighted by molar-refractivity contribution is 0.0600. The summed E-state index contributed by atoms with van der Waals surface area (Å²) in [6, 6.07) is 12.5. The van der Waals surface area contributed by atoms with Crippen LogP contribution in [0.2, 0.25) is 0 Å². The summed E-state index contributed by atoms with van der Waals surface area (Å²) in [5.74, 6) is 0.544. The molecule has 1 aromatic carbocycles. The minimum Gasteiger partial charge on any atom is -0.333 e. The van der Waals surface area contributed by atoms with Gasteiger partial charge in [0.25, 0.3) is 5.91 Å². The normalized spacial score (nSPS) is 19.2. The number of likely N-dealkylation sites (tertiary alicyclic amines) is 1. The van der Waals surface area contributed by atoms with Crippen LogP contribution in [0.25, 0.3) is 0 Å². The van der Waals surface area contributed by atoms with E-state index in [9.17, 15) is 4.79 Å². The minimum atomic E-state index is -0.172. The van der Waals surface area contributed by atoms with Crippen LogP contribution in [0.15, 0.2) is 36.4 Å². The van der Waals surface area contributed by atoms with E-state index < -0.39 is 0 Å². The molecule has 3 rings (SSSR count). The van der Waals surface area contributed by atoms with Crippen LogP contribution in [-0.4, -0.2) is 33.1 Å². The summed E-state index contributed by atoms with van der Waals surface area (Å²) in [6.45, 7) is 9.08. The van der Waals surface area contributed by atoms with E-state index >= 15 is 0 Å². The summed E-state index contributed by atoms with van der Waals surface area (Å²) >= 11 is 0. The van der Waals surface area contributed by atoms with Gasteiger partial charge < -0.3 is 4.90 Å². The predicted octanol–water partition coefficient (Wildman–Crippen LogP) is 3.83. The highest BCUT2D eigenvalue weighted by Gasteiger charge is 2.44. The van der Waals surface area contributed by atoms with E-state index in [1.54, 1.807) is 0 Å². The molecule has 1 atom stereocenters. The van der Waals surface area contributed by atoms with Gasteiger partial charge in [-0.1, -0.05) is 37.3 Å². The summed E-state index contributed by atoms with van der Waals surface area (Å²) in [5.41, 5.74) is 3.44. The van der Waals surface area contributed by atoms with Gasteiger partial charge in [0.15, 0.2) is 0 Å². The molecular formula is C21H27N3O. The number of rotatable bonds is 4. The van der Waals surface area contributed by atoms with Gasteiger partial charge in [-0.05, 0) is 57.6 Å². The maximum atomic E-state index is 13.2. The van der Waals surface area contributed by atoms with Crippen molar-refractivity contribution in [2.75, 3.05) is 6.54 Å². The number of hydrogen-bond acceptors (Lipinski definition) is 3. The van der Waals surface area contributed by atoms with Gasteiger partial charge in [-0.3, -0.25) is 4.79 Å². The predicted molar refractivity (Wildman–Crippen MR) is 99.5 cm³/mol. The van der Waals surface area contributed by atoms with Crippen molar-refractivity contribution in [1.29, 1.82) is 0 Å². The number of nitrogens with zero attached hydrogens (tertiary/aromatic N) is 3. The Morgan fingerprint density at radius 2 is 1.96 bits per heavy atom. The molecule has 0 spiro atoms. The average molecular weight is 337 g/mol. The summed E-state index contributed by atoms with van der Waals surface area (Å²) in [6.07, 6.45) is 2.82. The lowest BCUT2D eigenvalue weighted by Gasteiger charge is -2.36. The molecule has 1 fully saturated rings. The number of carbonyl (C=O) groups is 1. The van der Waals surface area contributed by atoms with Gasteiger partial charge in [0.2, 0.25) is 0 Å². The average Bonchev–Trinajstić information content (AvgIpc) is 2.90. The Labute approximate surface area is 150 Å². The fourth-order valence-corrected chi connectivity index (χ4v) is 3.79. The minimum absolute atomic E-state index is 0.0858. The van der Waals surface area contributed by atoms with Crippen LogP contribution in [0.1, 0.15) is 54.5 Å². The van der Waals surface area contributed by atoms with E-state index in [4.69, 9.17) is 0 Å². The Balaban J connectivity index is 1.82. The van der Waals surface area contributed by atoms with E-state index in [2.05, 4.69) is 48.3 Å². The first kappa shape index (κ1) is 17.6. The molecule has 4 nitrogen and oxygen atoms in total. The van der Waals surface area contributed by atoms with Gasteiger partial charge in [-0.25, -0.2) is 0 Å². The molecule has 1 aliphatic heterocycles. The Kier molecular flexibility index (Phi) is 4.89. The monoisotopic (exact) mass is 337 g/mol. The van der Waals surface area contributed by atoms with Gasteiger partial charge in [0.05, 0.1) is 17.0 Å². The highest BCUT2D eigenvalue weighted by atomic mass is 16.2. The summed E-state index contributed by atoms with van der Waals surface area (Å²) in [7, 11) is 0. The van der Waals surface area contributed by atoms with Gasteiger partial charge >= 0.3 is 0 Å². The molecule has 1 aromatic heterocycles. The molecule has 1 amide bonds. The Hall–Kier alpha value is -2.23. The van der Waals surface area contributed by atoms with E-state index in [-0.39, 0.29) is 11.4 Å². The van der Waals surface area contributed by atoms with Crippen LogP contribution < -0.4 is 0 Å². The van der Waals surface area contributed by atoms with Crippen LogP contribution in [0.5, 0.6) is 0 Å². The molecular weight excluding hydrogens is 310 g/mol. The molecule has 2 heterocycles. The van der Waals surface area contributed by atoms with Crippen molar-refractivity contribution in [1.82, 2.24) is 15.1 Å². The second-order valence-electron chi connectivity index (χ2n) is 7.47. The zero-order chi connectivity index (χ0) is 18.0. The van der Waals surface area contributed by atoms with Crippen molar-refractivity contribution < 1.29 is 4.79 Å². The third-order valence-electron chi connectivity index (χ3n) is 5.59. The van der Waals surface area contributed by atoms with E-state index in [1.165, 1.54) is 5.56 Å². The van der Waals surface area contributed by atoms with E-state index in [0.29, 0.717) is 17.2 Å². The van der Waals surface area contributed by atoms with Crippen LogP contribution in [0.4, 0.5) is 0 Å². The smallest absolute Gasteiger partial charge is 0.256 e. The summed E-state index contributed by atoms with van der Waals surface area (Å²) < 4.78 is 0. The molecule has 0 radical (unpaired) electrons. The summed E-state index contributed by atoms with van der Waals surface area (Å²) in [4.78, 5) is 15.2. The largest absolute Gasteiger partial charge is 0.333 e. The van der Waals surface area contributed by atoms with Crippen molar-refractivity contribution >= 4 is 5.91 Å². The molecule has 1 saturated heterocycles. The van der Waals surface area contributed by atoms with E-state index in [0.717, 1.165) is 31.5 Å². The molecule has 0 N–H and O–H groups in total. The topological polar surface area (TPSA) is 46.1 Å². The van der Waals surface area contributed by atoms with Crippen LogP contribution in [0, 0.1) is 12.8 Å². The number of aryl methyl sites for hydroxylation is 2. The second kappa shape index (κ2) is 6.95. The SMILES string of the molecule is CCc1cc(C(=O)N2CCC(Cc3ccccc3)C2(C)C)c(C)nn1. The van der Waals surface area contributed by atoms with Gasteiger partial charge in [-0.15, -0.1) is 0 Å². The molecule has 2 aromatic rings. The molecule has 25 heavy (non-hydrogen) atoms. The zero-order valence-corrected chi connectivity index (χ0v) is 15.6. The van der Waals surface area contributed by atoms with Crippen molar-refractivity contribution in [2.24, 2.45) is 5.92 Å². The number of amides is 1. The van der Waals surface area contributed by atoms with Crippen molar-refractivity contribution in [3.8, 4) is 0 Å². The van der Waals surface area contributed by atoms with Crippen molar-refractivity contribution in [2.45, 2.75) is 52.5 Å². The van der Waals surface area contributed by atoms with Crippen LogP contribution in [0.3, 0.4) is 0 Å². The zero-order valence-electron chi connectivity index (χ0n) is 15.6. The fraction of sp³-hybridized carbons (Fsp3) is 0.476. The second-order valence-corrected chi connectivity index (χ2v) is 7.47. The molecule has 0 bridgehead atoms. The quantitative estimate of drug-likeness (QED) is 0.852. The highest BCUT2D eigenvalue weighted by molar-refractivity contribution is 5.96. The highest BCUT2D eigenvalue weighted by Crippen LogP contribution is 2.38. The number of benzene rings is 1. The first-order valence-electron chi connectivity index (χ1n) is 9.12. The van der Waals surface area contributed by atoms with Crippen LogP contribution in [-0.2, 0) is 12.8 Å². The number of hydrogen-bond donors (Lipinski definition) is 0. The lowest BCUT2D eigenvalue weighted by atomic mass is 9.83.